The van der Waals surface area contributed by atoms with Crippen LogP contribution in [0.2, 0.25) is 0 Å². The van der Waals surface area contributed by atoms with Crippen LogP contribution in [0.3, 0.4) is 0 Å². The molecule has 0 aliphatic heterocycles. The van der Waals surface area contributed by atoms with E-state index < -0.39 is 23.7 Å². The number of hydrogen-bond acceptors (Lipinski definition) is 3. The molecule has 0 saturated carbocycles. The van der Waals surface area contributed by atoms with Gasteiger partial charge in [-0.15, -0.1) is 0 Å². The van der Waals surface area contributed by atoms with Gasteiger partial charge in [0.15, 0.2) is 0 Å². The monoisotopic (exact) mass is 296 g/mol. The highest BCUT2D eigenvalue weighted by molar-refractivity contribution is 6.01. The fourth-order valence-corrected chi connectivity index (χ4v) is 1.84. The first-order valence-electron chi connectivity index (χ1n) is 6.36. The number of halogens is 1. The lowest BCUT2D eigenvalue weighted by Gasteiger charge is -2.10. The predicted octanol–water partition coefficient (Wildman–Crippen LogP) is 2.28. The Morgan fingerprint density at radius 3 is 2.48 bits per heavy atom. The number of carbonyl (C=O) groups is 3. The number of carbonyl (C=O) groups excluding carboxylic acids is 2. The number of amides is 3. The van der Waals surface area contributed by atoms with Crippen LogP contribution in [0.4, 0.5) is 14.9 Å². The molecule has 0 heterocycles. The summed E-state index contributed by atoms with van der Waals surface area (Å²) in [5.41, 5.74) is 0.864. The SMILES string of the molecule is Cc1cc(F)cc(NC(=O)NC(=O)CC(C)CC(=O)O)c1. The Balaban J connectivity index is 2.49. The third-order valence-corrected chi connectivity index (χ3v) is 2.61. The van der Waals surface area contributed by atoms with Gasteiger partial charge < -0.3 is 10.4 Å². The van der Waals surface area contributed by atoms with Gasteiger partial charge in [-0.25, -0.2) is 9.18 Å². The van der Waals surface area contributed by atoms with Crippen LogP contribution in [-0.4, -0.2) is 23.0 Å². The van der Waals surface area contributed by atoms with Crippen LogP contribution in [0.25, 0.3) is 0 Å². The van der Waals surface area contributed by atoms with Crippen molar-refractivity contribution in [3.8, 4) is 0 Å². The predicted molar refractivity (Wildman–Crippen MR) is 74.3 cm³/mol. The molecule has 0 radical (unpaired) electrons. The third kappa shape index (κ3) is 6.51. The molecule has 0 saturated heterocycles. The van der Waals surface area contributed by atoms with Gasteiger partial charge in [0.2, 0.25) is 5.91 Å². The Morgan fingerprint density at radius 1 is 1.24 bits per heavy atom. The molecule has 21 heavy (non-hydrogen) atoms. The van der Waals surface area contributed by atoms with Crippen LogP contribution >= 0.6 is 0 Å². The standard InChI is InChI=1S/C14H17FN2O4/c1-8-3-10(15)7-11(4-8)16-14(21)17-12(18)5-9(2)6-13(19)20/h3-4,7,9H,5-6H2,1-2H3,(H,19,20)(H2,16,17,18,21). The molecular weight excluding hydrogens is 279 g/mol. The number of carboxylic acid groups (broad SMARTS) is 1. The number of aliphatic carboxylic acids is 1. The number of carboxylic acids is 1. The van der Waals surface area contributed by atoms with Crippen LogP contribution in [0.15, 0.2) is 18.2 Å². The highest BCUT2D eigenvalue weighted by atomic mass is 19.1. The summed E-state index contributed by atoms with van der Waals surface area (Å²) < 4.78 is 13.1. The minimum atomic E-state index is -1.00. The largest absolute Gasteiger partial charge is 0.481 e. The van der Waals surface area contributed by atoms with E-state index in [9.17, 15) is 18.8 Å². The smallest absolute Gasteiger partial charge is 0.325 e. The fourth-order valence-electron chi connectivity index (χ4n) is 1.84. The zero-order chi connectivity index (χ0) is 16.0. The van der Waals surface area contributed by atoms with Crippen LogP contribution in [0.1, 0.15) is 25.3 Å². The van der Waals surface area contributed by atoms with Crippen molar-refractivity contribution < 1.29 is 23.9 Å². The first-order valence-corrected chi connectivity index (χ1v) is 6.36. The molecule has 1 atom stereocenters. The van der Waals surface area contributed by atoms with Crippen molar-refractivity contribution in [3.05, 3.63) is 29.6 Å². The summed E-state index contributed by atoms with van der Waals surface area (Å²) in [7, 11) is 0. The van der Waals surface area contributed by atoms with E-state index in [0.29, 0.717) is 5.56 Å². The molecule has 3 N–H and O–H groups in total. The number of aryl methyl sites for hydroxylation is 1. The molecule has 0 bridgehead atoms. The fraction of sp³-hybridized carbons (Fsp3) is 0.357. The van der Waals surface area contributed by atoms with E-state index in [2.05, 4.69) is 10.6 Å². The summed E-state index contributed by atoms with van der Waals surface area (Å²) in [6.45, 7) is 3.27. The Labute approximate surface area is 121 Å². The van der Waals surface area contributed by atoms with E-state index >= 15 is 0 Å². The topological polar surface area (TPSA) is 95.5 Å². The maximum absolute atomic E-state index is 13.1. The molecule has 6 nitrogen and oxygen atoms in total. The van der Waals surface area contributed by atoms with Gasteiger partial charge in [0, 0.05) is 18.5 Å². The number of imide groups is 1. The molecular formula is C14H17FN2O4. The van der Waals surface area contributed by atoms with Gasteiger partial charge in [0.25, 0.3) is 0 Å². The second-order valence-electron chi connectivity index (χ2n) is 4.93. The zero-order valence-corrected chi connectivity index (χ0v) is 11.8. The average molecular weight is 296 g/mol. The van der Waals surface area contributed by atoms with E-state index in [-0.39, 0.29) is 24.4 Å². The summed E-state index contributed by atoms with van der Waals surface area (Å²) in [6, 6.07) is 3.21. The van der Waals surface area contributed by atoms with Crippen molar-refractivity contribution in [2.45, 2.75) is 26.7 Å². The number of hydrogen-bond donors (Lipinski definition) is 3. The van der Waals surface area contributed by atoms with E-state index in [4.69, 9.17) is 5.11 Å². The Morgan fingerprint density at radius 2 is 1.90 bits per heavy atom. The zero-order valence-electron chi connectivity index (χ0n) is 11.8. The first kappa shape index (κ1) is 16.6. The second-order valence-corrected chi connectivity index (χ2v) is 4.93. The molecule has 3 amide bonds. The molecule has 0 fully saturated rings. The van der Waals surface area contributed by atoms with Gasteiger partial charge in [-0.3, -0.25) is 14.9 Å². The first-order chi connectivity index (χ1) is 9.76. The quantitative estimate of drug-likeness (QED) is 0.776. The van der Waals surface area contributed by atoms with Crippen molar-refractivity contribution in [1.82, 2.24) is 5.32 Å². The van der Waals surface area contributed by atoms with Crippen molar-refractivity contribution in [2.75, 3.05) is 5.32 Å². The minimum Gasteiger partial charge on any atom is -0.481 e. The molecule has 1 aromatic carbocycles. The van der Waals surface area contributed by atoms with Gasteiger partial charge in [-0.05, 0) is 36.6 Å². The lowest BCUT2D eigenvalue weighted by atomic mass is 10.0. The van der Waals surface area contributed by atoms with Gasteiger partial charge in [-0.2, -0.15) is 0 Å². The highest BCUT2D eigenvalue weighted by Gasteiger charge is 2.15. The normalized spacial score (nSPS) is 11.6. The van der Waals surface area contributed by atoms with Gasteiger partial charge in [0.05, 0.1) is 0 Å². The van der Waals surface area contributed by atoms with Crippen LogP contribution in [0, 0.1) is 18.7 Å². The van der Waals surface area contributed by atoms with Crippen LogP contribution in [-0.2, 0) is 9.59 Å². The Hall–Kier alpha value is -2.44. The summed E-state index contributed by atoms with van der Waals surface area (Å²) in [4.78, 5) is 33.6. The Bertz CT molecular complexity index is 540. The molecule has 114 valence electrons. The van der Waals surface area contributed by atoms with Gasteiger partial charge in [0.1, 0.15) is 5.82 Å². The molecule has 1 unspecified atom stereocenters. The maximum Gasteiger partial charge on any atom is 0.325 e. The van der Waals surface area contributed by atoms with E-state index in [1.807, 2.05) is 0 Å². The van der Waals surface area contributed by atoms with Crippen molar-refractivity contribution in [3.63, 3.8) is 0 Å². The van der Waals surface area contributed by atoms with Crippen molar-refractivity contribution in [1.29, 1.82) is 0 Å². The number of anilines is 1. The number of nitrogens with one attached hydrogen (secondary N) is 2. The molecule has 0 spiro atoms. The summed E-state index contributed by atoms with van der Waals surface area (Å²) in [5, 5.41) is 13.0. The molecule has 7 heteroatoms. The average Bonchev–Trinajstić information content (AvgIpc) is 2.24. The number of benzene rings is 1. The minimum absolute atomic E-state index is 0.0814. The van der Waals surface area contributed by atoms with Crippen LogP contribution < -0.4 is 10.6 Å². The maximum atomic E-state index is 13.1. The molecule has 0 aliphatic carbocycles. The molecule has 0 aliphatic rings. The summed E-state index contributed by atoms with van der Waals surface area (Å²) in [5.74, 6) is -2.47. The summed E-state index contributed by atoms with van der Waals surface area (Å²) in [6.07, 6.45) is -0.236. The van der Waals surface area contributed by atoms with E-state index in [1.54, 1.807) is 19.9 Å². The molecule has 0 aromatic heterocycles. The third-order valence-electron chi connectivity index (χ3n) is 2.61. The van der Waals surface area contributed by atoms with Gasteiger partial charge >= 0.3 is 12.0 Å². The highest BCUT2D eigenvalue weighted by Crippen LogP contribution is 2.13. The lowest BCUT2D eigenvalue weighted by molar-refractivity contribution is -0.138. The van der Waals surface area contributed by atoms with Crippen molar-refractivity contribution in [2.24, 2.45) is 5.92 Å². The van der Waals surface area contributed by atoms with Crippen LogP contribution in [0.5, 0.6) is 0 Å². The Kier molecular flexibility index (Phi) is 5.83. The number of rotatable bonds is 5. The molecule has 1 rings (SSSR count). The number of urea groups is 1. The summed E-state index contributed by atoms with van der Waals surface area (Å²) >= 11 is 0. The lowest BCUT2D eigenvalue weighted by Crippen LogP contribution is -2.35. The van der Waals surface area contributed by atoms with Gasteiger partial charge in [-0.1, -0.05) is 6.92 Å². The second kappa shape index (κ2) is 7.37. The van der Waals surface area contributed by atoms with E-state index in [1.165, 1.54) is 6.07 Å². The van der Waals surface area contributed by atoms with E-state index in [0.717, 1.165) is 6.07 Å². The van der Waals surface area contributed by atoms with Crippen molar-refractivity contribution >= 4 is 23.6 Å². The molecule has 1 aromatic rings.